The van der Waals surface area contributed by atoms with Gasteiger partial charge in [0.25, 0.3) is 0 Å². The van der Waals surface area contributed by atoms with Crippen molar-refractivity contribution in [1.29, 1.82) is 0 Å². The molecule has 2 amide bonds. The number of likely N-dealkylation sites (tertiary alicyclic amines) is 1. The standard InChI is InChI=1S/C14H26N2O2/c1-13(2,3)8-11(17)15-10-7-12(18)16(9-10)14(4,5)6/h10H,7-9H2,1-6H3,(H,15,17). The lowest BCUT2D eigenvalue weighted by atomic mass is 9.92. The van der Waals surface area contributed by atoms with Crippen molar-refractivity contribution in [3.05, 3.63) is 0 Å². The Morgan fingerprint density at radius 1 is 1.28 bits per heavy atom. The van der Waals surface area contributed by atoms with Gasteiger partial charge < -0.3 is 10.2 Å². The molecule has 1 saturated heterocycles. The van der Waals surface area contributed by atoms with Crippen LogP contribution < -0.4 is 5.32 Å². The molecule has 104 valence electrons. The van der Waals surface area contributed by atoms with E-state index >= 15 is 0 Å². The van der Waals surface area contributed by atoms with Crippen LogP contribution in [0.3, 0.4) is 0 Å². The first-order valence-electron chi connectivity index (χ1n) is 6.59. The first-order chi connectivity index (χ1) is 7.99. The van der Waals surface area contributed by atoms with E-state index in [4.69, 9.17) is 0 Å². The Kier molecular flexibility index (Phi) is 4.08. The second kappa shape index (κ2) is 4.90. The van der Waals surface area contributed by atoms with Crippen LogP contribution in [0.25, 0.3) is 0 Å². The van der Waals surface area contributed by atoms with Gasteiger partial charge in [-0.3, -0.25) is 9.59 Å². The van der Waals surface area contributed by atoms with Crippen molar-refractivity contribution in [2.24, 2.45) is 5.41 Å². The van der Waals surface area contributed by atoms with Gasteiger partial charge in [-0.1, -0.05) is 20.8 Å². The molecule has 0 bridgehead atoms. The lowest BCUT2D eigenvalue weighted by Crippen LogP contribution is -2.44. The molecule has 0 saturated carbocycles. The van der Waals surface area contributed by atoms with Crippen LogP contribution in [0.5, 0.6) is 0 Å². The molecule has 18 heavy (non-hydrogen) atoms. The van der Waals surface area contributed by atoms with E-state index < -0.39 is 0 Å². The van der Waals surface area contributed by atoms with Crippen molar-refractivity contribution < 1.29 is 9.59 Å². The lowest BCUT2D eigenvalue weighted by Gasteiger charge is -2.32. The maximum atomic E-state index is 11.9. The second-order valence-corrected chi connectivity index (χ2v) is 7.38. The van der Waals surface area contributed by atoms with Gasteiger partial charge in [-0.25, -0.2) is 0 Å². The van der Waals surface area contributed by atoms with Crippen molar-refractivity contribution in [2.45, 2.75) is 66.0 Å². The molecule has 1 atom stereocenters. The van der Waals surface area contributed by atoms with Crippen molar-refractivity contribution in [1.82, 2.24) is 10.2 Å². The smallest absolute Gasteiger partial charge is 0.225 e. The van der Waals surface area contributed by atoms with Gasteiger partial charge in [0.15, 0.2) is 0 Å². The van der Waals surface area contributed by atoms with E-state index in [1.807, 2.05) is 46.4 Å². The number of hydrogen-bond donors (Lipinski definition) is 1. The van der Waals surface area contributed by atoms with Crippen LogP contribution in [-0.4, -0.2) is 34.8 Å². The normalized spacial score (nSPS) is 21.3. The molecule has 0 aromatic heterocycles. The summed E-state index contributed by atoms with van der Waals surface area (Å²) in [6.07, 6.45) is 0.917. The number of nitrogens with zero attached hydrogens (tertiary/aromatic N) is 1. The van der Waals surface area contributed by atoms with Crippen molar-refractivity contribution in [2.75, 3.05) is 6.54 Å². The molecule has 0 spiro atoms. The van der Waals surface area contributed by atoms with E-state index in [0.29, 0.717) is 19.4 Å². The predicted molar refractivity (Wildman–Crippen MR) is 72.1 cm³/mol. The lowest BCUT2D eigenvalue weighted by molar-refractivity contribution is -0.131. The van der Waals surface area contributed by atoms with E-state index in [0.717, 1.165) is 0 Å². The monoisotopic (exact) mass is 254 g/mol. The molecule has 4 nitrogen and oxygen atoms in total. The van der Waals surface area contributed by atoms with Gasteiger partial charge in [0.1, 0.15) is 0 Å². The van der Waals surface area contributed by atoms with Gasteiger partial charge in [-0.05, 0) is 26.2 Å². The zero-order valence-electron chi connectivity index (χ0n) is 12.5. The summed E-state index contributed by atoms with van der Waals surface area (Å²) in [4.78, 5) is 25.6. The summed E-state index contributed by atoms with van der Waals surface area (Å²) in [6, 6.07) is -0.0356. The predicted octanol–water partition coefficient (Wildman–Crippen LogP) is 1.94. The quantitative estimate of drug-likeness (QED) is 0.818. The minimum atomic E-state index is -0.166. The van der Waals surface area contributed by atoms with Crippen LogP contribution in [0.1, 0.15) is 54.4 Å². The Balaban J connectivity index is 2.52. The molecule has 1 heterocycles. The van der Waals surface area contributed by atoms with Crippen LogP contribution >= 0.6 is 0 Å². The van der Waals surface area contributed by atoms with Gasteiger partial charge in [0.05, 0.1) is 6.04 Å². The fourth-order valence-corrected chi connectivity index (χ4v) is 2.21. The van der Waals surface area contributed by atoms with Gasteiger partial charge >= 0.3 is 0 Å². The summed E-state index contributed by atoms with van der Waals surface area (Å²) in [5, 5.41) is 2.97. The summed E-state index contributed by atoms with van der Waals surface area (Å²) in [5.74, 6) is 0.166. The third-order valence-electron chi connectivity index (χ3n) is 2.99. The number of nitrogens with one attached hydrogen (secondary N) is 1. The molecule has 1 N–H and O–H groups in total. The Hall–Kier alpha value is -1.06. The minimum Gasteiger partial charge on any atom is -0.351 e. The molecule has 1 rings (SSSR count). The van der Waals surface area contributed by atoms with Crippen LogP contribution in [0, 0.1) is 5.41 Å². The molecule has 0 radical (unpaired) electrons. The number of amides is 2. The molecule has 1 fully saturated rings. The summed E-state index contributed by atoms with van der Waals surface area (Å²) in [7, 11) is 0. The molecule has 0 aromatic carbocycles. The highest BCUT2D eigenvalue weighted by atomic mass is 16.2. The summed E-state index contributed by atoms with van der Waals surface area (Å²) < 4.78 is 0. The number of rotatable bonds is 2. The summed E-state index contributed by atoms with van der Waals surface area (Å²) in [5.41, 5.74) is -0.184. The van der Waals surface area contributed by atoms with E-state index in [2.05, 4.69) is 5.32 Å². The van der Waals surface area contributed by atoms with Gasteiger partial charge in [-0.2, -0.15) is 0 Å². The van der Waals surface area contributed by atoms with Crippen LogP contribution in [-0.2, 0) is 9.59 Å². The van der Waals surface area contributed by atoms with Crippen LogP contribution in [0.4, 0.5) is 0 Å². The Labute approximate surface area is 110 Å². The average Bonchev–Trinajstić information content (AvgIpc) is 2.41. The van der Waals surface area contributed by atoms with E-state index in [1.54, 1.807) is 0 Å². The SMILES string of the molecule is CC(C)(C)CC(=O)NC1CC(=O)N(C(C)(C)C)C1. The van der Waals surface area contributed by atoms with Gasteiger partial charge in [-0.15, -0.1) is 0 Å². The highest BCUT2D eigenvalue weighted by Gasteiger charge is 2.36. The van der Waals surface area contributed by atoms with E-state index in [-0.39, 0.29) is 28.8 Å². The van der Waals surface area contributed by atoms with Crippen molar-refractivity contribution in [3.63, 3.8) is 0 Å². The average molecular weight is 254 g/mol. The van der Waals surface area contributed by atoms with Gasteiger partial charge in [0.2, 0.25) is 11.8 Å². The minimum absolute atomic E-state index is 0.0174. The summed E-state index contributed by atoms with van der Waals surface area (Å²) in [6.45, 7) is 12.8. The molecule has 1 unspecified atom stereocenters. The van der Waals surface area contributed by atoms with E-state index in [9.17, 15) is 9.59 Å². The molecule has 4 heteroatoms. The van der Waals surface area contributed by atoms with Crippen molar-refractivity contribution >= 4 is 11.8 Å². The third kappa shape index (κ3) is 4.31. The van der Waals surface area contributed by atoms with Gasteiger partial charge in [0, 0.05) is 24.9 Å². The highest BCUT2D eigenvalue weighted by Crippen LogP contribution is 2.23. The van der Waals surface area contributed by atoms with Crippen molar-refractivity contribution in [3.8, 4) is 0 Å². The molecule has 0 aliphatic carbocycles. The topological polar surface area (TPSA) is 49.4 Å². The maximum absolute atomic E-state index is 11.9. The Morgan fingerprint density at radius 3 is 2.22 bits per heavy atom. The van der Waals surface area contributed by atoms with Crippen LogP contribution in [0.2, 0.25) is 0 Å². The molecule has 0 aromatic rings. The fraction of sp³-hybridized carbons (Fsp3) is 0.857. The number of carbonyl (C=O) groups is 2. The number of hydrogen-bond acceptors (Lipinski definition) is 2. The Bertz CT molecular complexity index is 337. The first kappa shape index (κ1) is 15.0. The van der Waals surface area contributed by atoms with E-state index in [1.165, 1.54) is 0 Å². The zero-order valence-corrected chi connectivity index (χ0v) is 12.5. The number of carbonyl (C=O) groups excluding carboxylic acids is 2. The molecular formula is C14H26N2O2. The molecular weight excluding hydrogens is 228 g/mol. The first-order valence-corrected chi connectivity index (χ1v) is 6.59. The third-order valence-corrected chi connectivity index (χ3v) is 2.99. The maximum Gasteiger partial charge on any atom is 0.225 e. The highest BCUT2D eigenvalue weighted by molar-refractivity contribution is 5.82. The Morgan fingerprint density at radius 2 is 1.83 bits per heavy atom. The second-order valence-electron chi connectivity index (χ2n) is 7.38. The summed E-state index contributed by atoms with van der Waals surface area (Å²) >= 11 is 0. The fourth-order valence-electron chi connectivity index (χ4n) is 2.21. The van der Waals surface area contributed by atoms with Crippen LogP contribution in [0.15, 0.2) is 0 Å². The molecule has 1 aliphatic rings. The zero-order chi connectivity index (χ0) is 14.1. The largest absolute Gasteiger partial charge is 0.351 e. The molecule has 1 aliphatic heterocycles.